The van der Waals surface area contributed by atoms with E-state index < -0.39 is 18.0 Å². The molecule has 27 heavy (non-hydrogen) atoms. The van der Waals surface area contributed by atoms with Crippen LogP contribution in [-0.4, -0.2) is 68.5 Å². The highest BCUT2D eigenvalue weighted by atomic mass is 19.1. The number of ether oxygens (including phenoxy) is 1. The van der Waals surface area contributed by atoms with Crippen molar-refractivity contribution >= 4 is 23.4 Å². The summed E-state index contributed by atoms with van der Waals surface area (Å²) in [6.07, 6.45) is -0.607. The quantitative estimate of drug-likeness (QED) is 0.808. The van der Waals surface area contributed by atoms with Crippen molar-refractivity contribution in [3.63, 3.8) is 0 Å². The Balaban J connectivity index is 1.67. The minimum atomic E-state index is -0.565. The average Bonchev–Trinajstić information content (AvgIpc) is 3.19. The molecule has 9 heteroatoms. The molecule has 8 nitrogen and oxygen atoms in total. The Morgan fingerprint density at radius 2 is 2.19 bits per heavy atom. The Labute approximate surface area is 156 Å². The molecular formula is C18H23FN4O4. The van der Waals surface area contributed by atoms with Crippen LogP contribution in [0.15, 0.2) is 23.4 Å². The monoisotopic (exact) mass is 378 g/mol. The molecule has 0 radical (unpaired) electrons. The van der Waals surface area contributed by atoms with E-state index in [4.69, 9.17) is 9.57 Å². The number of carbonyl (C=O) groups is 2. The molecule has 2 amide bonds. The highest BCUT2D eigenvalue weighted by Crippen LogP contribution is 2.26. The highest BCUT2D eigenvalue weighted by molar-refractivity contribution is 6.02. The lowest BCUT2D eigenvalue weighted by molar-refractivity contribution is -0.119. The van der Waals surface area contributed by atoms with E-state index in [1.165, 1.54) is 17.9 Å². The summed E-state index contributed by atoms with van der Waals surface area (Å²) in [6, 6.07) is 4.54. The predicted molar refractivity (Wildman–Crippen MR) is 97.3 cm³/mol. The van der Waals surface area contributed by atoms with Gasteiger partial charge in [-0.15, -0.1) is 0 Å². The van der Waals surface area contributed by atoms with E-state index in [2.05, 4.69) is 10.5 Å². The van der Waals surface area contributed by atoms with Crippen LogP contribution in [0.4, 0.5) is 14.9 Å². The third-order valence-corrected chi connectivity index (χ3v) is 4.33. The molecule has 2 aliphatic rings. The van der Waals surface area contributed by atoms with Gasteiger partial charge in [0.2, 0.25) is 5.91 Å². The van der Waals surface area contributed by atoms with Crippen LogP contribution in [-0.2, 0) is 14.4 Å². The summed E-state index contributed by atoms with van der Waals surface area (Å²) in [5.74, 6) is -0.675. The van der Waals surface area contributed by atoms with E-state index in [1.54, 1.807) is 12.1 Å². The number of rotatable bonds is 6. The molecule has 1 fully saturated rings. The predicted octanol–water partition coefficient (Wildman–Crippen LogP) is 1.34. The summed E-state index contributed by atoms with van der Waals surface area (Å²) in [5.41, 5.74) is 1.32. The van der Waals surface area contributed by atoms with Crippen molar-refractivity contribution in [1.82, 2.24) is 10.2 Å². The number of carbonyl (C=O) groups excluding carboxylic acids is 2. The first-order valence-electron chi connectivity index (χ1n) is 8.73. The summed E-state index contributed by atoms with van der Waals surface area (Å²) < 4.78 is 19.8. The minimum absolute atomic E-state index is 0.0998. The fourth-order valence-corrected chi connectivity index (χ4v) is 3.09. The van der Waals surface area contributed by atoms with Gasteiger partial charge in [-0.3, -0.25) is 9.69 Å². The standard InChI is InChI=1S/C18H23FN4O4/c1-11(24)20-8-14-10-23(18(25)26-14)12-4-5-15(16(19)6-12)17-7-13(27-21-17)9-22(2)3/h4-6,13-14H,7-10H2,1-3H3,(H,20,24)/t13?,14-/m0/s1. The first-order chi connectivity index (χ1) is 12.8. The van der Waals surface area contributed by atoms with Crippen LogP contribution in [0.1, 0.15) is 18.9 Å². The number of oxime groups is 1. The van der Waals surface area contributed by atoms with Crippen LogP contribution in [0, 0.1) is 5.82 Å². The van der Waals surface area contributed by atoms with Gasteiger partial charge in [-0.25, -0.2) is 9.18 Å². The Morgan fingerprint density at radius 3 is 2.85 bits per heavy atom. The Bertz CT molecular complexity index is 768. The van der Waals surface area contributed by atoms with Crippen molar-refractivity contribution in [2.75, 3.05) is 38.6 Å². The largest absolute Gasteiger partial charge is 0.442 e. The summed E-state index contributed by atoms with van der Waals surface area (Å²) in [5, 5.41) is 6.61. The first kappa shape index (κ1) is 19.1. The molecule has 0 spiro atoms. The maximum Gasteiger partial charge on any atom is 0.414 e. The molecular weight excluding hydrogens is 355 g/mol. The van der Waals surface area contributed by atoms with Gasteiger partial charge in [0, 0.05) is 25.5 Å². The molecule has 0 aliphatic carbocycles. The van der Waals surface area contributed by atoms with E-state index in [-0.39, 0.29) is 25.1 Å². The maximum atomic E-state index is 14.6. The second-order valence-corrected chi connectivity index (χ2v) is 6.95. The number of halogens is 1. The number of cyclic esters (lactones) is 1. The molecule has 1 unspecified atom stereocenters. The topological polar surface area (TPSA) is 83.5 Å². The fraction of sp³-hybridized carbons (Fsp3) is 0.500. The van der Waals surface area contributed by atoms with E-state index in [9.17, 15) is 14.0 Å². The zero-order chi connectivity index (χ0) is 19.6. The van der Waals surface area contributed by atoms with E-state index in [1.807, 2.05) is 19.0 Å². The van der Waals surface area contributed by atoms with Gasteiger partial charge in [-0.1, -0.05) is 5.16 Å². The summed E-state index contributed by atoms with van der Waals surface area (Å²) in [7, 11) is 3.87. The molecule has 0 aromatic heterocycles. The SMILES string of the molecule is CC(=O)NC[C@H]1CN(c2ccc(C3=NOC(CN(C)C)C3)c(F)c2)C(=O)O1. The second kappa shape index (κ2) is 7.91. The molecule has 0 saturated carbocycles. The van der Waals surface area contributed by atoms with E-state index in [0.717, 1.165) is 0 Å². The molecule has 1 aromatic carbocycles. The number of benzene rings is 1. The molecule has 2 aliphatic heterocycles. The van der Waals surface area contributed by atoms with Gasteiger partial charge in [0.25, 0.3) is 0 Å². The van der Waals surface area contributed by atoms with Crippen molar-refractivity contribution in [2.45, 2.75) is 25.6 Å². The lowest BCUT2D eigenvalue weighted by Crippen LogP contribution is -2.33. The number of hydrogen-bond donors (Lipinski definition) is 1. The van der Waals surface area contributed by atoms with Crippen molar-refractivity contribution in [3.8, 4) is 0 Å². The summed E-state index contributed by atoms with van der Waals surface area (Å²) >= 11 is 0. The first-order valence-corrected chi connectivity index (χ1v) is 8.73. The molecule has 1 N–H and O–H groups in total. The molecule has 2 heterocycles. The van der Waals surface area contributed by atoms with Crippen molar-refractivity contribution < 1.29 is 23.6 Å². The number of hydrogen-bond acceptors (Lipinski definition) is 6. The summed E-state index contributed by atoms with van der Waals surface area (Å²) in [6.45, 7) is 2.55. The fourth-order valence-electron chi connectivity index (χ4n) is 3.09. The smallest absolute Gasteiger partial charge is 0.414 e. The van der Waals surface area contributed by atoms with E-state index in [0.29, 0.717) is 29.9 Å². The lowest BCUT2D eigenvalue weighted by Gasteiger charge is -2.15. The van der Waals surface area contributed by atoms with Crippen LogP contribution in [0.5, 0.6) is 0 Å². The number of anilines is 1. The molecule has 0 bridgehead atoms. The normalized spacial score (nSPS) is 21.9. The van der Waals surface area contributed by atoms with Crippen LogP contribution in [0.2, 0.25) is 0 Å². The summed E-state index contributed by atoms with van der Waals surface area (Å²) in [4.78, 5) is 31.7. The number of nitrogens with zero attached hydrogens (tertiary/aromatic N) is 3. The Kier molecular flexibility index (Phi) is 5.59. The second-order valence-electron chi connectivity index (χ2n) is 6.95. The zero-order valence-corrected chi connectivity index (χ0v) is 15.6. The van der Waals surface area contributed by atoms with Crippen LogP contribution in [0.25, 0.3) is 0 Å². The Morgan fingerprint density at radius 1 is 1.41 bits per heavy atom. The number of likely N-dealkylation sites (N-methyl/N-ethyl adjacent to an activating group) is 1. The lowest BCUT2D eigenvalue weighted by atomic mass is 10.0. The number of amides is 2. The van der Waals surface area contributed by atoms with Crippen LogP contribution >= 0.6 is 0 Å². The highest BCUT2D eigenvalue weighted by Gasteiger charge is 2.33. The van der Waals surface area contributed by atoms with Crippen molar-refractivity contribution in [3.05, 3.63) is 29.6 Å². The molecule has 3 rings (SSSR count). The molecule has 1 saturated heterocycles. The minimum Gasteiger partial charge on any atom is -0.442 e. The van der Waals surface area contributed by atoms with Gasteiger partial charge in [-0.2, -0.15) is 0 Å². The van der Waals surface area contributed by atoms with Crippen molar-refractivity contribution in [2.24, 2.45) is 5.16 Å². The molecule has 2 atom stereocenters. The molecule has 146 valence electrons. The van der Waals surface area contributed by atoms with Gasteiger partial charge in [0.15, 0.2) is 0 Å². The average molecular weight is 378 g/mol. The van der Waals surface area contributed by atoms with Crippen molar-refractivity contribution in [1.29, 1.82) is 0 Å². The van der Waals surface area contributed by atoms with Gasteiger partial charge < -0.3 is 19.8 Å². The van der Waals surface area contributed by atoms with E-state index >= 15 is 0 Å². The van der Waals surface area contributed by atoms with Crippen LogP contribution < -0.4 is 10.2 Å². The Hall–Kier alpha value is -2.68. The van der Waals surface area contributed by atoms with Gasteiger partial charge in [0.1, 0.15) is 18.0 Å². The third-order valence-electron chi connectivity index (χ3n) is 4.33. The number of nitrogens with one attached hydrogen (secondary N) is 1. The zero-order valence-electron chi connectivity index (χ0n) is 15.6. The van der Waals surface area contributed by atoms with Gasteiger partial charge in [0.05, 0.1) is 24.5 Å². The van der Waals surface area contributed by atoms with Crippen LogP contribution in [0.3, 0.4) is 0 Å². The molecule has 1 aromatic rings. The van der Waals surface area contributed by atoms with Gasteiger partial charge in [-0.05, 0) is 32.3 Å². The van der Waals surface area contributed by atoms with Gasteiger partial charge >= 0.3 is 6.09 Å². The third kappa shape index (κ3) is 4.54. The maximum absolute atomic E-state index is 14.6.